The number of nitrogens with one attached hydrogen (secondary N) is 1. The molecule has 1 atom stereocenters. The fraction of sp³-hybridized carbons (Fsp3) is 0.278. The van der Waals surface area contributed by atoms with Gasteiger partial charge in [0.05, 0.1) is 0 Å². The third-order valence-corrected chi connectivity index (χ3v) is 4.48. The average molecular weight is 279 g/mol. The monoisotopic (exact) mass is 279 g/mol. The number of aliphatic carboxylic acids is 1. The topological polar surface area (TPSA) is 49.3 Å². The minimum atomic E-state index is -0.749. The van der Waals surface area contributed by atoms with Crippen molar-refractivity contribution in [3.63, 3.8) is 0 Å². The van der Waals surface area contributed by atoms with E-state index < -0.39 is 12.0 Å². The van der Waals surface area contributed by atoms with Gasteiger partial charge in [-0.05, 0) is 59.6 Å². The van der Waals surface area contributed by atoms with E-state index in [1.54, 1.807) is 0 Å². The molecule has 2 aromatic rings. The lowest BCUT2D eigenvalue weighted by Gasteiger charge is -2.15. The van der Waals surface area contributed by atoms with E-state index in [0.29, 0.717) is 0 Å². The van der Waals surface area contributed by atoms with Gasteiger partial charge in [-0.25, -0.2) is 4.79 Å². The second kappa shape index (κ2) is 4.62. The number of hydrogen-bond donors (Lipinski definition) is 2. The Bertz CT molecular complexity index is 719. The number of hydrogen-bond acceptors (Lipinski definition) is 2. The van der Waals surface area contributed by atoms with Gasteiger partial charge in [0.1, 0.15) is 6.04 Å². The van der Waals surface area contributed by atoms with E-state index in [4.69, 9.17) is 0 Å². The highest BCUT2D eigenvalue weighted by Gasteiger charge is 2.36. The van der Waals surface area contributed by atoms with E-state index in [2.05, 4.69) is 41.7 Å². The van der Waals surface area contributed by atoms with Crippen molar-refractivity contribution in [2.45, 2.75) is 25.3 Å². The van der Waals surface area contributed by atoms with Gasteiger partial charge in [-0.15, -0.1) is 0 Å². The molecule has 1 unspecified atom stereocenters. The second-order valence-corrected chi connectivity index (χ2v) is 6.00. The fourth-order valence-corrected chi connectivity index (χ4v) is 3.23. The zero-order valence-electron chi connectivity index (χ0n) is 11.7. The van der Waals surface area contributed by atoms with Crippen LogP contribution in [0.3, 0.4) is 0 Å². The number of carboxylic acids is 1. The summed E-state index contributed by atoms with van der Waals surface area (Å²) in [5, 5.41) is 12.5. The Morgan fingerprint density at radius 2 is 1.86 bits per heavy atom. The van der Waals surface area contributed by atoms with Gasteiger partial charge < -0.3 is 10.4 Å². The molecule has 0 aliphatic heterocycles. The van der Waals surface area contributed by atoms with Crippen LogP contribution in [0.2, 0.25) is 0 Å². The predicted octanol–water partition coefficient (Wildman–Crippen LogP) is 3.53. The maximum Gasteiger partial charge on any atom is 0.326 e. The lowest BCUT2D eigenvalue weighted by Crippen LogP contribution is -2.31. The highest BCUT2D eigenvalue weighted by molar-refractivity contribution is 5.81. The Hall–Kier alpha value is -2.29. The first-order valence-electron chi connectivity index (χ1n) is 7.43. The summed E-state index contributed by atoms with van der Waals surface area (Å²) in [6, 6.07) is 14.2. The summed E-state index contributed by atoms with van der Waals surface area (Å²) in [4.78, 5) is 11.3. The molecular weight excluding hydrogens is 262 g/mol. The Labute approximate surface area is 123 Å². The van der Waals surface area contributed by atoms with Crippen LogP contribution in [0.25, 0.3) is 11.1 Å². The van der Waals surface area contributed by atoms with E-state index in [1.807, 2.05) is 6.07 Å². The summed E-state index contributed by atoms with van der Waals surface area (Å²) in [6.07, 6.45) is 2.96. The molecule has 1 saturated carbocycles. The molecule has 0 spiro atoms. The van der Waals surface area contributed by atoms with E-state index in [1.165, 1.54) is 22.3 Å². The predicted molar refractivity (Wildman–Crippen MR) is 82.5 cm³/mol. The van der Waals surface area contributed by atoms with Crippen LogP contribution >= 0.6 is 0 Å². The molecule has 2 aliphatic carbocycles. The van der Waals surface area contributed by atoms with Crippen LogP contribution in [0, 0.1) is 5.92 Å². The van der Waals surface area contributed by atoms with Gasteiger partial charge in [-0.1, -0.05) is 30.3 Å². The Morgan fingerprint density at radius 3 is 2.62 bits per heavy atom. The minimum absolute atomic E-state index is 0.285. The molecule has 2 aromatic carbocycles. The summed E-state index contributed by atoms with van der Waals surface area (Å²) in [5.41, 5.74) is 6.12. The Morgan fingerprint density at radius 1 is 1.10 bits per heavy atom. The van der Waals surface area contributed by atoms with Crippen LogP contribution < -0.4 is 5.32 Å². The van der Waals surface area contributed by atoms with E-state index in [0.717, 1.165) is 24.9 Å². The molecule has 4 rings (SSSR count). The lowest BCUT2D eigenvalue weighted by molar-refractivity contribution is -0.138. The lowest BCUT2D eigenvalue weighted by atomic mass is 10.1. The van der Waals surface area contributed by atoms with Crippen molar-refractivity contribution >= 4 is 11.7 Å². The number of fused-ring (bicyclic) bond motifs is 3. The van der Waals surface area contributed by atoms with Gasteiger partial charge in [0.15, 0.2) is 0 Å². The minimum Gasteiger partial charge on any atom is -0.480 e. The van der Waals surface area contributed by atoms with Gasteiger partial charge in [0, 0.05) is 5.69 Å². The summed E-state index contributed by atoms with van der Waals surface area (Å²) in [7, 11) is 0. The third kappa shape index (κ3) is 2.19. The second-order valence-electron chi connectivity index (χ2n) is 6.00. The highest BCUT2D eigenvalue weighted by Crippen LogP contribution is 2.39. The molecule has 0 radical (unpaired) electrons. The molecule has 1 fully saturated rings. The first kappa shape index (κ1) is 12.5. The van der Waals surface area contributed by atoms with Gasteiger partial charge in [0.25, 0.3) is 0 Å². The van der Waals surface area contributed by atoms with Crippen molar-refractivity contribution in [1.82, 2.24) is 0 Å². The maximum absolute atomic E-state index is 11.3. The van der Waals surface area contributed by atoms with Crippen molar-refractivity contribution in [1.29, 1.82) is 0 Å². The summed E-state index contributed by atoms with van der Waals surface area (Å²) >= 11 is 0. The maximum atomic E-state index is 11.3. The number of carbonyl (C=O) groups is 1. The van der Waals surface area contributed by atoms with Gasteiger partial charge in [-0.3, -0.25) is 0 Å². The third-order valence-electron chi connectivity index (χ3n) is 4.48. The van der Waals surface area contributed by atoms with Crippen molar-refractivity contribution in [2.75, 3.05) is 5.32 Å². The molecule has 0 aromatic heterocycles. The molecule has 0 heterocycles. The van der Waals surface area contributed by atoms with Gasteiger partial charge in [-0.2, -0.15) is 0 Å². The molecule has 106 valence electrons. The number of benzene rings is 2. The number of anilines is 1. The van der Waals surface area contributed by atoms with E-state index in [9.17, 15) is 9.90 Å². The van der Waals surface area contributed by atoms with Crippen LogP contribution in [0.15, 0.2) is 42.5 Å². The molecule has 2 N–H and O–H groups in total. The number of carboxylic acid groups (broad SMARTS) is 1. The molecule has 3 nitrogen and oxygen atoms in total. The number of rotatable bonds is 4. The fourth-order valence-electron chi connectivity index (χ4n) is 3.23. The van der Waals surface area contributed by atoms with Crippen molar-refractivity contribution in [3.05, 3.63) is 53.6 Å². The molecule has 2 aliphatic rings. The quantitative estimate of drug-likeness (QED) is 0.768. The highest BCUT2D eigenvalue weighted by atomic mass is 16.4. The van der Waals surface area contributed by atoms with Crippen molar-refractivity contribution in [3.8, 4) is 11.1 Å². The Kier molecular flexibility index (Phi) is 2.74. The Balaban J connectivity index is 1.62. The summed E-state index contributed by atoms with van der Waals surface area (Å²) < 4.78 is 0. The van der Waals surface area contributed by atoms with Crippen LogP contribution in [0.5, 0.6) is 0 Å². The molecule has 0 bridgehead atoms. The SMILES string of the molecule is O=C(O)C(Nc1ccc2c(c1)Cc1ccccc1-2)C1CC1. The van der Waals surface area contributed by atoms with Crippen molar-refractivity contribution < 1.29 is 9.90 Å². The van der Waals surface area contributed by atoms with E-state index in [-0.39, 0.29) is 5.92 Å². The van der Waals surface area contributed by atoms with Crippen LogP contribution in [0.1, 0.15) is 24.0 Å². The first-order valence-corrected chi connectivity index (χ1v) is 7.43. The summed E-state index contributed by atoms with van der Waals surface area (Å²) in [5.74, 6) is -0.464. The van der Waals surface area contributed by atoms with Gasteiger partial charge in [0.2, 0.25) is 0 Å². The van der Waals surface area contributed by atoms with E-state index >= 15 is 0 Å². The standard InChI is InChI=1S/C18H17NO2/c20-18(21)17(11-5-6-11)19-14-7-8-16-13(10-14)9-12-3-1-2-4-15(12)16/h1-4,7-8,10-11,17,19H,5-6,9H2,(H,20,21). The average Bonchev–Trinajstić information content (AvgIpc) is 3.24. The molecular formula is C18H17NO2. The molecule has 21 heavy (non-hydrogen) atoms. The zero-order chi connectivity index (χ0) is 14.4. The molecule has 0 saturated heterocycles. The largest absolute Gasteiger partial charge is 0.480 e. The first-order chi connectivity index (χ1) is 10.2. The van der Waals surface area contributed by atoms with Crippen molar-refractivity contribution in [2.24, 2.45) is 5.92 Å². The molecule has 3 heteroatoms. The van der Waals surface area contributed by atoms with Gasteiger partial charge >= 0.3 is 5.97 Å². The van der Waals surface area contributed by atoms with Crippen LogP contribution in [0.4, 0.5) is 5.69 Å². The summed E-state index contributed by atoms with van der Waals surface area (Å²) in [6.45, 7) is 0. The zero-order valence-corrected chi connectivity index (χ0v) is 11.7. The van der Waals surface area contributed by atoms with Crippen LogP contribution in [-0.2, 0) is 11.2 Å². The normalized spacial score (nSPS) is 17.0. The smallest absolute Gasteiger partial charge is 0.326 e. The van der Waals surface area contributed by atoms with Crippen LogP contribution in [-0.4, -0.2) is 17.1 Å². The molecule has 0 amide bonds.